The standard InChI is InChI=1S/C10H20F3NO2/c1-3-5-14-9(2,7-15)4-6-16-8-10(11,12)13/h14-15H,3-8H2,1-2H3. The predicted molar refractivity (Wildman–Crippen MR) is 55.3 cm³/mol. The smallest absolute Gasteiger partial charge is 0.394 e. The summed E-state index contributed by atoms with van der Waals surface area (Å²) in [7, 11) is 0. The van der Waals surface area contributed by atoms with Gasteiger partial charge in [0.1, 0.15) is 6.61 Å². The van der Waals surface area contributed by atoms with Crippen LogP contribution in [0.2, 0.25) is 0 Å². The third-order valence-corrected chi connectivity index (χ3v) is 2.21. The van der Waals surface area contributed by atoms with Gasteiger partial charge in [0, 0.05) is 12.1 Å². The number of aliphatic hydroxyl groups excluding tert-OH is 1. The zero-order valence-electron chi connectivity index (χ0n) is 9.73. The normalized spacial score (nSPS) is 16.1. The Balaban J connectivity index is 3.77. The molecular weight excluding hydrogens is 223 g/mol. The fourth-order valence-corrected chi connectivity index (χ4v) is 1.14. The molecule has 0 amide bonds. The van der Waals surface area contributed by atoms with Gasteiger partial charge in [0.25, 0.3) is 0 Å². The van der Waals surface area contributed by atoms with Gasteiger partial charge in [0.05, 0.1) is 6.61 Å². The number of hydrogen-bond acceptors (Lipinski definition) is 3. The predicted octanol–water partition coefficient (Wildman–Crippen LogP) is 1.71. The second kappa shape index (κ2) is 7.09. The summed E-state index contributed by atoms with van der Waals surface area (Å²) in [5.41, 5.74) is -0.568. The molecule has 98 valence electrons. The number of nitrogens with one attached hydrogen (secondary N) is 1. The third kappa shape index (κ3) is 7.90. The minimum atomic E-state index is -4.29. The van der Waals surface area contributed by atoms with Crippen LogP contribution in [0.5, 0.6) is 0 Å². The Morgan fingerprint density at radius 2 is 1.94 bits per heavy atom. The summed E-state index contributed by atoms with van der Waals surface area (Å²) in [6, 6.07) is 0. The molecule has 0 rings (SSSR count). The van der Waals surface area contributed by atoms with Crippen LogP contribution in [0.3, 0.4) is 0 Å². The van der Waals surface area contributed by atoms with E-state index in [-0.39, 0.29) is 13.2 Å². The Morgan fingerprint density at radius 3 is 2.38 bits per heavy atom. The van der Waals surface area contributed by atoms with Gasteiger partial charge < -0.3 is 15.2 Å². The maximum Gasteiger partial charge on any atom is 0.411 e. The highest BCUT2D eigenvalue weighted by Gasteiger charge is 2.28. The number of alkyl halides is 3. The Labute approximate surface area is 94.0 Å². The molecule has 0 aliphatic rings. The molecule has 0 saturated heterocycles. The molecular formula is C10H20F3NO2. The van der Waals surface area contributed by atoms with Crippen molar-refractivity contribution in [1.82, 2.24) is 5.32 Å². The number of aliphatic hydroxyl groups is 1. The molecule has 1 unspecified atom stereocenters. The number of rotatable bonds is 8. The van der Waals surface area contributed by atoms with Crippen molar-refractivity contribution in [3.63, 3.8) is 0 Å². The lowest BCUT2D eigenvalue weighted by Gasteiger charge is -2.28. The van der Waals surface area contributed by atoms with Crippen molar-refractivity contribution >= 4 is 0 Å². The summed E-state index contributed by atoms with van der Waals surface area (Å²) >= 11 is 0. The molecule has 0 saturated carbocycles. The molecule has 0 fully saturated rings. The summed E-state index contributed by atoms with van der Waals surface area (Å²) in [6.07, 6.45) is -3.04. The van der Waals surface area contributed by atoms with Gasteiger partial charge in [-0.05, 0) is 26.3 Å². The lowest BCUT2D eigenvalue weighted by molar-refractivity contribution is -0.175. The van der Waals surface area contributed by atoms with Crippen molar-refractivity contribution in [2.45, 2.75) is 38.4 Å². The average Bonchev–Trinajstić information content (AvgIpc) is 2.20. The quantitative estimate of drug-likeness (QED) is 0.638. The van der Waals surface area contributed by atoms with E-state index in [1.165, 1.54) is 0 Å². The van der Waals surface area contributed by atoms with Crippen LogP contribution in [0.4, 0.5) is 13.2 Å². The Bertz CT molecular complexity index is 187. The van der Waals surface area contributed by atoms with E-state index in [9.17, 15) is 13.2 Å². The second-order valence-corrected chi connectivity index (χ2v) is 4.06. The van der Waals surface area contributed by atoms with Crippen molar-refractivity contribution in [3.05, 3.63) is 0 Å². The molecule has 2 N–H and O–H groups in total. The first-order valence-corrected chi connectivity index (χ1v) is 5.33. The van der Waals surface area contributed by atoms with E-state index >= 15 is 0 Å². The zero-order chi connectivity index (χ0) is 12.7. The van der Waals surface area contributed by atoms with Gasteiger partial charge in [-0.2, -0.15) is 13.2 Å². The third-order valence-electron chi connectivity index (χ3n) is 2.21. The first-order chi connectivity index (χ1) is 7.33. The molecule has 16 heavy (non-hydrogen) atoms. The summed E-state index contributed by atoms with van der Waals surface area (Å²) in [5.74, 6) is 0. The van der Waals surface area contributed by atoms with Crippen molar-refractivity contribution in [1.29, 1.82) is 0 Å². The van der Waals surface area contributed by atoms with E-state index in [2.05, 4.69) is 10.1 Å². The molecule has 0 aliphatic heterocycles. The molecule has 6 heteroatoms. The average molecular weight is 243 g/mol. The fraction of sp³-hybridized carbons (Fsp3) is 1.00. The number of halogens is 3. The minimum Gasteiger partial charge on any atom is -0.394 e. The number of hydrogen-bond donors (Lipinski definition) is 2. The van der Waals surface area contributed by atoms with Crippen LogP contribution >= 0.6 is 0 Å². The summed E-state index contributed by atoms with van der Waals surface area (Å²) < 4.78 is 39.8. The van der Waals surface area contributed by atoms with Crippen LogP contribution in [0.25, 0.3) is 0 Å². The first kappa shape index (κ1) is 15.7. The van der Waals surface area contributed by atoms with Crippen LogP contribution in [-0.4, -0.2) is 43.2 Å². The molecule has 0 spiro atoms. The van der Waals surface area contributed by atoms with Gasteiger partial charge in [0.2, 0.25) is 0 Å². The van der Waals surface area contributed by atoms with Crippen LogP contribution in [-0.2, 0) is 4.74 Å². The lowest BCUT2D eigenvalue weighted by Crippen LogP contribution is -2.47. The molecule has 1 atom stereocenters. The van der Waals surface area contributed by atoms with Crippen molar-refractivity contribution < 1.29 is 23.0 Å². The van der Waals surface area contributed by atoms with E-state index in [4.69, 9.17) is 5.11 Å². The second-order valence-electron chi connectivity index (χ2n) is 4.06. The summed E-state index contributed by atoms with van der Waals surface area (Å²) in [5, 5.41) is 12.2. The monoisotopic (exact) mass is 243 g/mol. The van der Waals surface area contributed by atoms with Gasteiger partial charge in [0.15, 0.2) is 0 Å². The van der Waals surface area contributed by atoms with E-state index in [0.29, 0.717) is 6.42 Å². The summed E-state index contributed by atoms with van der Waals surface area (Å²) in [4.78, 5) is 0. The molecule has 0 heterocycles. The van der Waals surface area contributed by atoms with Gasteiger partial charge in [-0.1, -0.05) is 6.92 Å². The topological polar surface area (TPSA) is 41.5 Å². The van der Waals surface area contributed by atoms with E-state index < -0.39 is 18.3 Å². The maximum absolute atomic E-state index is 11.8. The molecule has 0 aromatic rings. The SMILES string of the molecule is CCCNC(C)(CO)CCOCC(F)(F)F. The summed E-state index contributed by atoms with van der Waals surface area (Å²) in [6.45, 7) is 3.08. The lowest BCUT2D eigenvalue weighted by atomic mass is 9.99. The van der Waals surface area contributed by atoms with Gasteiger partial charge in [-0.15, -0.1) is 0 Å². The molecule has 3 nitrogen and oxygen atoms in total. The Hall–Kier alpha value is -0.330. The van der Waals surface area contributed by atoms with E-state index in [1.54, 1.807) is 6.92 Å². The maximum atomic E-state index is 11.8. The molecule has 0 radical (unpaired) electrons. The van der Waals surface area contributed by atoms with E-state index in [1.807, 2.05) is 6.92 Å². The Morgan fingerprint density at radius 1 is 1.31 bits per heavy atom. The van der Waals surface area contributed by atoms with Crippen LogP contribution in [0.1, 0.15) is 26.7 Å². The first-order valence-electron chi connectivity index (χ1n) is 5.33. The van der Waals surface area contributed by atoms with Crippen molar-refractivity contribution in [2.75, 3.05) is 26.4 Å². The van der Waals surface area contributed by atoms with Crippen LogP contribution in [0, 0.1) is 0 Å². The minimum absolute atomic E-state index is 0.0206. The van der Waals surface area contributed by atoms with Gasteiger partial charge in [-0.25, -0.2) is 0 Å². The number of ether oxygens (including phenoxy) is 1. The van der Waals surface area contributed by atoms with Gasteiger partial charge >= 0.3 is 6.18 Å². The highest BCUT2D eigenvalue weighted by Crippen LogP contribution is 2.15. The van der Waals surface area contributed by atoms with Crippen LogP contribution in [0.15, 0.2) is 0 Å². The zero-order valence-corrected chi connectivity index (χ0v) is 9.73. The van der Waals surface area contributed by atoms with E-state index in [0.717, 1.165) is 13.0 Å². The van der Waals surface area contributed by atoms with Crippen molar-refractivity contribution in [3.8, 4) is 0 Å². The largest absolute Gasteiger partial charge is 0.411 e. The molecule has 0 aromatic heterocycles. The molecule has 0 bridgehead atoms. The van der Waals surface area contributed by atoms with Crippen molar-refractivity contribution in [2.24, 2.45) is 0 Å². The molecule has 0 aromatic carbocycles. The van der Waals surface area contributed by atoms with Gasteiger partial charge in [-0.3, -0.25) is 0 Å². The fourth-order valence-electron chi connectivity index (χ4n) is 1.14. The van der Waals surface area contributed by atoms with Crippen LogP contribution < -0.4 is 5.32 Å². The highest BCUT2D eigenvalue weighted by atomic mass is 19.4. The Kier molecular flexibility index (Phi) is 6.94. The molecule has 0 aliphatic carbocycles. The highest BCUT2D eigenvalue weighted by molar-refractivity contribution is 4.81.